The number of aliphatic imine (C=N–C) groups is 2. The first-order chi connectivity index (χ1) is 28.2. The Balaban J connectivity index is 1.33. The van der Waals surface area contributed by atoms with Crippen molar-refractivity contribution in [3.8, 4) is 17.4 Å². The summed E-state index contributed by atoms with van der Waals surface area (Å²) < 4.78 is 4.68. The Labute approximate surface area is 346 Å². The van der Waals surface area contributed by atoms with Crippen molar-refractivity contribution < 1.29 is 0 Å². The predicted octanol–water partition coefficient (Wildman–Crippen LogP) is 7.05. The van der Waals surface area contributed by atoms with Crippen LogP contribution in [0.5, 0.6) is 0 Å². The molecule has 0 saturated heterocycles. The van der Waals surface area contributed by atoms with Crippen LogP contribution in [0.2, 0.25) is 0 Å². The number of aromatic nitrogens is 2. The number of thiol groups is 1. The number of para-hydroxylation sites is 2. The molecule has 0 N–H and O–H groups in total. The molecule has 0 bridgehead atoms. The Kier molecular flexibility index (Phi) is 9.31. The number of fused-ring (bicyclic) bond motifs is 7. The van der Waals surface area contributed by atoms with Gasteiger partial charge in [0, 0.05) is 38.5 Å². The molecule has 2 aromatic heterocycles. The van der Waals surface area contributed by atoms with Crippen molar-refractivity contribution in [1.82, 2.24) is 9.13 Å². The third-order valence-electron chi connectivity index (χ3n) is 11.7. The summed E-state index contributed by atoms with van der Waals surface area (Å²) in [4.78, 5) is 11.1. The lowest BCUT2D eigenvalue weighted by atomic mass is 9.74. The number of benzene rings is 7. The van der Waals surface area contributed by atoms with Crippen molar-refractivity contribution in [1.29, 1.82) is 5.26 Å². The molecule has 9 aromatic rings. The Morgan fingerprint density at radius 2 is 1.26 bits per heavy atom. The van der Waals surface area contributed by atoms with E-state index >= 15 is 0 Å². The van der Waals surface area contributed by atoms with E-state index in [2.05, 4.69) is 113 Å². The molecule has 0 amide bonds. The number of nitriles is 1. The van der Waals surface area contributed by atoms with E-state index in [0.29, 0.717) is 17.1 Å². The van der Waals surface area contributed by atoms with Crippen LogP contribution < -0.4 is 16.4 Å². The fourth-order valence-corrected chi connectivity index (χ4v) is 8.76. The molecule has 7 aromatic carbocycles. The molecule has 0 aliphatic carbocycles. The average Bonchev–Trinajstić information content (AvgIpc) is 3.78. The highest BCUT2D eigenvalue weighted by Crippen LogP contribution is 2.42. The monoisotopic (exact) mass is 761 g/mol. The van der Waals surface area contributed by atoms with Gasteiger partial charge in [-0.1, -0.05) is 132 Å². The van der Waals surface area contributed by atoms with Crippen molar-refractivity contribution in [2.75, 3.05) is 0 Å². The van der Waals surface area contributed by atoms with Crippen LogP contribution in [-0.4, -0.2) is 44.2 Å². The van der Waals surface area contributed by atoms with Gasteiger partial charge in [-0.3, -0.25) is 0 Å². The van der Waals surface area contributed by atoms with E-state index in [1.807, 2.05) is 85.8 Å². The Hall–Kier alpha value is -6.75. The van der Waals surface area contributed by atoms with Crippen molar-refractivity contribution >= 4 is 113 Å². The van der Waals surface area contributed by atoms with Crippen molar-refractivity contribution in [2.24, 2.45) is 9.98 Å². The zero-order chi connectivity index (χ0) is 40.2. The summed E-state index contributed by atoms with van der Waals surface area (Å²) in [5, 5.41) is 15.5. The molecule has 9 rings (SSSR count). The summed E-state index contributed by atoms with van der Waals surface area (Å²) in [6.45, 7) is 8.48. The predicted molar refractivity (Wildman–Crippen MR) is 257 cm³/mol. The Morgan fingerprint density at radius 3 is 1.95 bits per heavy atom. The second-order valence-corrected chi connectivity index (χ2v) is 15.4. The highest BCUT2D eigenvalue weighted by Gasteiger charge is 2.24. The highest BCUT2D eigenvalue weighted by atomic mass is 32.1. The van der Waals surface area contributed by atoms with Gasteiger partial charge in [-0.05, 0) is 66.3 Å². The van der Waals surface area contributed by atoms with E-state index in [0.717, 1.165) is 87.7 Å². The highest BCUT2D eigenvalue weighted by molar-refractivity contribution is 7.80. The van der Waals surface area contributed by atoms with Crippen LogP contribution in [0.3, 0.4) is 0 Å². The van der Waals surface area contributed by atoms with Gasteiger partial charge in [0.1, 0.15) is 29.6 Å². The minimum Gasteiger partial charge on any atom is -0.310 e. The van der Waals surface area contributed by atoms with E-state index in [-0.39, 0.29) is 0 Å². The summed E-state index contributed by atoms with van der Waals surface area (Å²) in [7, 11) is 6.54. The van der Waals surface area contributed by atoms with Gasteiger partial charge in [-0.25, -0.2) is 9.98 Å². The zero-order valence-electron chi connectivity index (χ0n) is 33.2. The molecule has 9 heteroatoms. The number of nitrogens with zero attached hydrogens (tertiary/aromatic N) is 5. The molecule has 0 aliphatic rings. The molecule has 0 saturated carbocycles. The van der Waals surface area contributed by atoms with Crippen LogP contribution in [-0.2, 0) is 0 Å². The maximum absolute atomic E-state index is 11.0. The number of amidine groups is 1. The minimum absolute atomic E-state index is 0.480. The first-order valence-corrected chi connectivity index (χ1v) is 19.9. The number of hydrogen-bond acceptors (Lipinski definition) is 3. The SMILES string of the molecule is Bc1c(C)c(B)c(-n2c3ccccc3c3c2ccc2c4ccccc4n(-c4ccc(C(=N/C(=C)c5ccccc5)/N=C(\C)c5ccccc5)cc4C#N)c23)c(B)c1S. The summed E-state index contributed by atoms with van der Waals surface area (Å²) >= 11 is 5.02. The van der Waals surface area contributed by atoms with E-state index in [1.165, 1.54) is 16.5 Å². The van der Waals surface area contributed by atoms with Gasteiger partial charge in [-0.2, -0.15) is 5.26 Å². The molecule has 0 radical (unpaired) electrons. The zero-order valence-corrected chi connectivity index (χ0v) is 34.1. The molecule has 5 nitrogen and oxygen atoms in total. The van der Waals surface area contributed by atoms with Crippen molar-refractivity contribution in [2.45, 2.75) is 18.7 Å². The fraction of sp³-hybridized carbons (Fsp3) is 0.0408. The van der Waals surface area contributed by atoms with E-state index < -0.39 is 0 Å². The molecule has 58 heavy (non-hydrogen) atoms. The van der Waals surface area contributed by atoms with Gasteiger partial charge >= 0.3 is 0 Å². The molecule has 0 atom stereocenters. The summed E-state index contributed by atoms with van der Waals surface area (Å²) in [5.74, 6) is 0.480. The van der Waals surface area contributed by atoms with Gasteiger partial charge in [0.2, 0.25) is 0 Å². The molecular weight excluding hydrogens is 723 g/mol. The van der Waals surface area contributed by atoms with Gasteiger partial charge in [0.05, 0.1) is 39.0 Å². The van der Waals surface area contributed by atoms with E-state index in [1.54, 1.807) is 0 Å². The third kappa shape index (κ3) is 5.91. The molecule has 274 valence electrons. The molecule has 0 unspecified atom stereocenters. The Bertz CT molecular complexity index is 3230. The summed E-state index contributed by atoms with van der Waals surface area (Å²) in [6.07, 6.45) is 0. The van der Waals surface area contributed by atoms with Crippen LogP contribution in [0.4, 0.5) is 0 Å². The fourth-order valence-electron chi connectivity index (χ4n) is 8.49. The van der Waals surface area contributed by atoms with E-state index in [4.69, 9.17) is 22.6 Å². The number of hydrogen-bond donors (Lipinski definition) is 1. The number of rotatable bonds is 6. The maximum atomic E-state index is 11.0. The summed E-state index contributed by atoms with van der Waals surface area (Å²) in [6, 6.07) is 50.1. The Morgan fingerprint density at radius 1 is 0.638 bits per heavy atom. The van der Waals surface area contributed by atoms with E-state index in [9.17, 15) is 5.26 Å². The van der Waals surface area contributed by atoms with Gasteiger partial charge in [0.15, 0.2) is 5.84 Å². The van der Waals surface area contributed by atoms with Crippen LogP contribution in [0.15, 0.2) is 161 Å². The van der Waals surface area contributed by atoms with Crippen molar-refractivity contribution in [3.05, 3.63) is 174 Å². The van der Waals surface area contributed by atoms with Crippen LogP contribution >= 0.6 is 12.6 Å². The second kappa shape index (κ2) is 14.6. The van der Waals surface area contributed by atoms with Crippen molar-refractivity contribution in [3.63, 3.8) is 0 Å². The quantitative estimate of drug-likeness (QED) is 0.0841. The molecule has 0 aliphatic heterocycles. The first-order valence-electron chi connectivity index (χ1n) is 19.4. The van der Waals surface area contributed by atoms with Gasteiger partial charge in [0.25, 0.3) is 0 Å². The average molecular weight is 761 g/mol. The van der Waals surface area contributed by atoms with Gasteiger partial charge < -0.3 is 9.13 Å². The van der Waals surface area contributed by atoms with Crippen LogP contribution in [0, 0.1) is 18.3 Å². The normalized spacial score (nSPS) is 12.2. The lowest BCUT2D eigenvalue weighted by molar-refractivity contribution is 1.17. The lowest BCUT2D eigenvalue weighted by Gasteiger charge is -2.21. The smallest absolute Gasteiger partial charge is 0.160 e. The topological polar surface area (TPSA) is 58.4 Å². The van der Waals surface area contributed by atoms with Crippen LogP contribution in [0.1, 0.15) is 34.7 Å². The largest absolute Gasteiger partial charge is 0.310 e. The lowest BCUT2D eigenvalue weighted by Crippen LogP contribution is -2.35. The first kappa shape index (κ1) is 36.9. The molecule has 0 fully saturated rings. The maximum Gasteiger partial charge on any atom is 0.160 e. The minimum atomic E-state index is 0.480. The second-order valence-electron chi connectivity index (χ2n) is 14.9. The standard InChI is InChI=1S/C49H38B3N5S/c1-28-43(50)47(45(52)48(58)44(28)51)57-40-21-13-11-19-37(40)42-41(57)25-23-36-35-18-10-12-20-39(35)56(46(36)42)38-24-22-33(26-34(38)27-53)49(54-29(2)31-14-6-4-7-15-31)55-30(3)32-16-8-5-9-17-32/h4-26,58H,2,50-52H2,1,3H3/b54-49-,55-30+. The third-order valence-corrected chi connectivity index (χ3v) is 12.3. The van der Waals surface area contributed by atoms with Crippen LogP contribution in [0.25, 0.3) is 60.7 Å². The molecular formula is C49H38B3N5S. The molecule has 2 heterocycles. The molecule has 0 spiro atoms. The summed E-state index contributed by atoms with van der Waals surface area (Å²) in [5.41, 5.74) is 15.5. The van der Waals surface area contributed by atoms with Gasteiger partial charge in [-0.15, -0.1) is 12.6 Å².